The van der Waals surface area contributed by atoms with Gasteiger partial charge in [0.05, 0.1) is 13.2 Å². The van der Waals surface area contributed by atoms with Crippen LogP contribution in [-0.2, 0) is 21.3 Å². The minimum atomic E-state index is -3.83. The monoisotopic (exact) mass is 395 g/mol. The van der Waals surface area contributed by atoms with Gasteiger partial charge in [0.1, 0.15) is 11.5 Å². The summed E-state index contributed by atoms with van der Waals surface area (Å²) in [5.41, 5.74) is 0.976. The van der Waals surface area contributed by atoms with Crippen LogP contribution in [0.4, 0.5) is 4.39 Å². The van der Waals surface area contributed by atoms with Gasteiger partial charge in [-0.15, -0.1) is 0 Å². The van der Waals surface area contributed by atoms with Crippen LogP contribution in [0.5, 0.6) is 0 Å². The van der Waals surface area contributed by atoms with Gasteiger partial charge in [0.15, 0.2) is 10.7 Å². The van der Waals surface area contributed by atoms with Gasteiger partial charge in [-0.3, -0.25) is 0 Å². The van der Waals surface area contributed by atoms with Crippen molar-refractivity contribution in [3.05, 3.63) is 53.3 Å². The van der Waals surface area contributed by atoms with E-state index in [1.54, 1.807) is 31.3 Å². The Labute approximate surface area is 158 Å². The Balaban J connectivity index is 1.82. The Bertz CT molecular complexity index is 903. The van der Waals surface area contributed by atoms with Crippen molar-refractivity contribution in [1.29, 1.82) is 0 Å². The van der Waals surface area contributed by atoms with Gasteiger partial charge in [-0.1, -0.05) is 17.3 Å². The van der Waals surface area contributed by atoms with Crippen molar-refractivity contribution in [2.24, 2.45) is 0 Å². The molecule has 0 aliphatic carbocycles. The first-order valence-electron chi connectivity index (χ1n) is 8.55. The van der Waals surface area contributed by atoms with E-state index in [9.17, 15) is 12.8 Å². The summed E-state index contributed by atoms with van der Waals surface area (Å²) in [5, 5.41) is 3.82. The zero-order valence-electron chi connectivity index (χ0n) is 15.3. The van der Waals surface area contributed by atoms with E-state index < -0.39 is 10.0 Å². The Morgan fingerprint density at radius 2 is 1.93 bits per heavy atom. The summed E-state index contributed by atoms with van der Waals surface area (Å²) < 4.78 is 50.9. The highest BCUT2D eigenvalue weighted by Gasteiger charge is 2.29. The van der Waals surface area contributed by atoms with Gasteiger partial charge in [-0.05, 0) is 24.6 Å². The third kappa shape index (κ3) is 4.55. The second-order valence-corrected chi connectivity index (χ2v) is 8.29. The van der Waals surface area contributed by atoms with Crippen molar-refractivity contribution >= 4 is 16.1 Å². The number of sulfonamides is 1. The van der Waals surface area contributed by atoms with Crippen LogP contribution in [0.3, 0.4) is 0 Å². The fourth-order valence-corrected chi connectivity index (χ4v) is 4.19. The summed E-state index contributed by atoms with van der Waals surface area (Å²) in [5.74, 6) is -0.181. The van der Waals surface area contributed by atoms with Crippen molar-refractivity contribution in [2.45, 2.75) is 18.4 Å². The number of morpholine rings is 1. The molecular weight excluding hydrogens is 373 g/mol. The van der Waals surface area contributed by atoms with Gasteiger partial charge in [-0.2, -0.15) is 4.31 Å². The molecular formula is C18H22FN3O4S. The number of rotatable bonds is 6. The van der Waals surface area contributed by atoms with Crippen molar-refractivity contribution < 1.29 is 22.1 Å². The molecule has 1 aliphatic heterocycles. The van der Waals surface area contributed by atoms with Gasteiger partial charge in [0.2, 0.25) is 10.0 Å². The zero-order chi connectivity index (χ0) is 19.4. The molecule has 2 heterocycles. The van der Waals surface area contributed by atoms with Gasteiger partial charge < -0.3 is 14.2 Å². The number of halogens is 1. The third-order valence-electron chi connectivity index (χ3n) is 4.30. The van der Waals surface area contributed by atoms with E-state index in [0.29, 0.717) is 24.5 Å². The highest BCUT2D eigenvalue weighted by Crippen LogP contribution is 2.25. The average Bonchev–Trinajstić information content (AvgIpc) is 3.04. The van der Waals surface area contributed by atoms with E-state index in [0.717, 1.165) is 13.1 Å². The maximum atomic E-state index is 13.1. The van der Waals surface area contributed by atoms with Crippen molar-refractivity contribution in [2.75, 3.05) is 33.4 Å². The van der Waals surface area contributed by atoms with E-state index in [2.05, 4.69) is 5.16 Å². The lowest BCUT2D eigenvalue weighted by Gasteiger charge is -2.24. The zero-order valence-corrected chi connectivity index (χ0v) is 16.1. The number of benzene rings is 1. The number of aryl methyl sites for hydroxylation is 1. The van der Waals surface area contributed by atoms with E-state index in [1.807, 2.05) is 4.90 Å². The van der Waals surface area contributed by atoms with Crippen LogP contribution in [0.2, 0.25) is 0 Å². The fraction of sp³-hybridized carbons (Fsp3) is 0.389. The lowest BCUT2D eigenvalue weighted by atomic mass is 10.2. The molecule has 0 N–H and O–H groups in total. The minimum absolute atomic E-state index is 0.0385. The molecule has 1 aliphatic rings. The molecule has 3 rings (SSSR count). The van der Waals surface area contributed by atoms with Crippen LogP contribution < -0.4 is 0 Å². The van der Waals surface area contributed by atoms with Gasteiger partial charge in [0.25, 0.3) is 0 Å². The summed E-state index contributed by atoms with van der Waals surface area (Å²) in [7, 11) is -2.36. The summed E-state index contributed by atoms with van der Waals surface area (Å²) in [6.45, 7) is 4.43. The molecule has 146 valence electrons. The molecule has 1 fully saturated rings. The topological polar surface area (TPSA) is 75.9 Å². The number of ether oxygens (including phenoxy) is 1. The Kier molecular flexibility index (Phi) is 5.93. The molecule has 0 unspecified atom stereocenters. The summed E-state index contributed by atoms with van der Waals surface area (Å²) in [6.07, 6.45) is 3.41. The Morgan fingerprint density at radius 3 is 2.59 bits per heavy atom. The average molecular weight is 395 g/mol. The molecule has 0 amide bonds. The highest BCUT2D eigenvalue weighted by atomic mass is 32.2. The first-order chi connectivity index (χ1) is 12.9. The molecule has 9 heteroatoms. The normalized spacial score (nSPS) is 15.8. The molecule has 0 radical (unpaired) electrons. The smallest absolute Gasteiger partial charge is 0.248 e. The van der Waals surface area contributed by atoms with Crippen LogP contribution in [0, 0.1) is 12.7 Å². The predicted molar refractivity (Wildman–Crippen MR) is 97.7 cm³/mol. The summed E-state index contributed by atoms with van der Waals surface area (Å²) in [4.78, 5) is 2.07. The molecule has 1 aromatic carbocycles. The summed E-state index contributed by atoms with van der Waals surface area (Å²) >= 11 is 0. The maximum absolute atomic E-state index is 13.1. The second kappa shape index (κ2) is 8.20. The minimum Gasteiger partial charge on any atom is -0.378 e. The van der Waals surface area contributed by atoms with E-state index in [1.165, 1.54) is 23.5 Å². The first-order valence-corrected chi connectivity index (χ1v) is 9.99. The molecule has 0 spiro atoms. The Hall–Kier alpha value is -2.23. The molecule has 2 aromatic rings. The van der Waals surface area contributed by atoms with Gasteiger partial charge >= 0.3 is 0 Å². The van der Waals surface area contributed by atoms with E-state index in [4.69, 9.17) is 9.26 Å². The van der Waals surface area contributed by atoms with Crippen molar-refractivity contribution in [1.82, 2.24) is 14.4 Å². The third-order valence-corrected chi connectivity index (χ3v) is 6.26. The lowest BCUT2D eigenvalue weighted by molar-refractivity contribution is 0.0597. The van der Waals surface area contributed by atoms with Crippen molar-refractivity contribution in [3.8, 4) is 0 Å². The number of hydrogen-bond acceptors (Lipinski definition) is 6. The molecule has 27 heavy (non-hydrogen) atoms. The molecule has 1 aromatic heterocycles. The largest absolute Gasteiger partial charge is 0.378 e. The lowest BCUT2D eigenvalue weighted by Crippen LogP contribution is -2.32. The van der Waals surface area contributed by atoms with Crippen LogP contribution in [0.25, 0.3) is 6.08 Å². The molecule has 0 atom stereocenters. The van der Waals surface area contributed by atoms with Crippen LogP contribution in [-0.4, -0.2) is 56.1 Å². The van der Waals surface area contributed by atoms with E-state index in [-0.39, 0.29) is 23.0 Å². The molecule has 0 saturated carbocycles. The van der Waals surface area contributed by atoms with Crippen molar-refractivity contribution in [3.63, 3.8) is 0 Å². The molecule has 0 bridgehead atoms. The number of aromatic nitrogens is 1. The predicted octanol–water partition coefficient (Wildman–Crippen LogP) is 2.25. The molecule has 7 nitrogen and oxygen atoms in total. The number of hydrogen-bond donors (Lipinski definition) is 0. The quantitative estimate of drug-likeness (QED) is 0.747. The van der Waals surface area contributed by atoms with E-state index >= 15 is 0 Å². The first kappa shape index (κ1) is 19.5. The fourth-order valence-electron chi connectivity index (χ4n) is 2.79. The maximum Gasteiger partial charge on any atom is 0.248 e. The molecule has 1 saturated heterocycles. The SMILES string of the molecule is Cc1noc(/C=C/N2CCOCC2)c1S(=O)(=O)N(C)Cc1ccc(F)cc1. The highest BCUT2D eigenvalue weighted by molar-refractivity contribution is 7.89. The Morgan fingerprint density at radius 1 is 1.26 bits per heavy atom. The van der Waals surface area contributed by atoms with Crippen LogP contribution >= 0.6 is 0 Å². The standard InChI is InChI=1S/C18H22FN3O4S/c1-14-18(17(26-20-14)7-8-22-9-11-25-12-10-22)27(23,24)21(2)13-15-3-5-16(19)6-4-15/h3-8H,9-13H2,1-2H3/b8-7+. The summed E-state index contributed by atoms with van der Waals surface area (Å²) in [6, 6.07) is 5.72. The van der Waals surface area contributed by atoms with Crippen LogP contribution in [0.1, 0.15) is 17.0 Å². The number of nitrogens with zero attached hydrogens (tertiary/aromatic N) is 3. The second-order valence-electron chi connectivity index (χ2n) is 6.31. The van der Waals surface area contributed by atoms with Gasteiger partial charge in [0, 0.05) is 39.0 Å². The van der Waals surface area contributed by atoms with Crippen LogP contribution in [0.15, 0.2) is 39.9 Å². The van der Waals surface area contributed by atoms with Gasteiger partial charge in [-0.25, -0.2) is 12.8 Å².